The molecule has 0 amide bonds. The minimum absolute atomic E-state index is 0.0694. The summed E-state index contributed by atoms with van der Waals surface area (Å²) in [5, 5.41) is 0. The van der Waals surface area contributed by atoms with E-state index in [0.717, 1.165) is 11.1 Å². The van der Waals surface area contributed by atoms with Crippen molar-refractivity contribution in [2.45, 2.75) is 46.4 Å². The van der Waals surface area contributed by atoms with Gasteiger partial charge in [-0.1, -0.05) is 41.7 Å². The highest BCUT2D eigenvalue weighted by molar-refractivity contribution is 7.07. The second kappa shape index (κ2) is 13.3. The van der Waals surface area contributed by atoms with Crippen molar-refractivity contribution < 1.29 is 28.1 Å². The van der Waals surface area contributed by atoms with Crippen molar-refractivity contribution >= 4 is 23.4 Å². The van der Waals surface area contributed by atoms with Crippen LogP contribution in [0.1, 0.15) is 50.4 Å². The van der Waals surface area contributed by atoms with Gasteiger partial charge < -0.3 is 18.9 Å². The van der Waals surface area contributed by atoms with E-state index < -0.39 is 12.0 Å². The first-order chi connectivity index (χ1) is 21.2. The van der Waals surface area contributed by atoms with Crippen LogP contribution >= 0.6 is 11.3 Å². The number of esters is 1. The Morgan fingerprint density at radius 2 is 1.80 bits per heavy atom. The van der Waals surface area contributed by atoms with E-state index in [1.54, 1.807) is 51.3 Å². The number of aromatic nitrogens is 1. The number of fused-ring (bicyclic) bond motifs is 1. The Bertz CT molecular complexity index is 1870. The maximum atomic E-state index is 14.0. The molecular weight excluding hydrogens is 583 g/mol. The van der Waals surface area contributed by atoms with Crippen molar-refractivity contribution in [3.8, 4) is 17.2 Å². The number of methoxy groups -OCH3 is 1. The smallest absolute Gasteiger partial charge is 0.338 e. The van der Waals surface area contributed by atoms with Crippen molar-refractivity contribution in [1.82, 2.24) is 4.57 Å². The lowest BCUT2D eigenvalue weighted by atomic mass is 9.95. The molecule has 0 fully saturated rings. The molecule has 10 heteroatoms. The fraction of sp³-hybridized carbons (Fsp3) is 0.265. The number of rotatable bonds is 10. The van der Waals surface area contributed by atoms with Crippen LogP contribution in [-0.4, -0.2) is 30.4 Å². The number of hydrogen-bond acceptors (Lipinski definition) is 8. The third-order valence-corrected chi connectivity index (χ3v) is 7.86. The highest BCUT2D eigenvalue weighted by Gasteiger charge is 2.34. The molecule has 44 heavy (non-hydrogen) atoms. The normalized spacial score (nSPS) is 14.7. The second-order valence-electron chi connectivity index (χ2n) is 10.4. The lowest BCUT2D eigenvalue weighted by molar-refractivity contribution is -0.139. The number of carbonyl (C=O) groups is 1. The molecule has 2 heterocycles. The Balaban J connectivity index is 1.52. The van der Waals surface area contributed by atoms with Gasteiger partial charge in [0.15, 0.2) is 16.3 Å². The summed E-state index contributed by atoms with van der Waals surface area (Å²) < 4.78 is 37.9. The highest BCUT2D eigenvalue weighted by Crippen LogP contribution is 2.36. The molecule has 1 aliphatic heterocycles. The van der Waals surface area contributed by atoms with Gasteiger partial charge in [0.05, 0.1) is 41.7 Å². The molecule has 0 bridgehead atoms. The fourth-order valence-electron chi connectivity index (χ4n) is 4.87. The molecule has 0 aliphatic carbocycles. The molecule has 0 radical (unpaired) electrons. The van der Waals surface area contributed by atoms with Gasteiger partial charge in [-0.2, -0.15) is 0 Å². The van der Waals surface area contributed by atoms with E-state index in [4.69, 9.17) is 18.9 Å². The van der Waals surface area contributed by atoms with Crippen molar-refractivity contribution in [2.75, 3.05) is 13.7 Å². The lowest BCUT2D eigenvalue weighted by Gasteiger charge is -2.25. The summed E-state index contributed by atoms with van der Waals surface area (Å²) in [5.41, 5.74) is 2.78. The van der Waals surface area contributed by atoms with Crippen molar-refractivity contribution in [2.24, 2.45) is 4.99 Å². The molecule has 0 saturated carbocycles. The third-order valence-electron chi connectivity index (χ3n) is 6.88. The van der Waals surface area contributed by atoms with Gasteiger partial charge >= 0.3 is 5.97 Å². The number of carbonyl (C=O) groups excluding carboxylic acids is 1. The average Bonchev–Trinajstić information content (AvgIpc) is 3.30. The topological polar surface area (TPSA) is 88.4 Å². The fourth-order valence-corrected chi connectivity index (χ4v) is 5.92. The predicted octanol–water partition coefficient (Wildman–Crippen LogP) is 5.31. The standard InChI is InChI=1S/C34H33FN2O6S/c1-6-41-33(39)30-21(4)36-34-37(31(30)24-11-16-27(43-20(2)3)28(18-24)40-5)32(38)29(44-34)17-22-9-14-26(15-10-22)42-19-23-7-12-25(35)13-8-23/h7-18,20,31H,6,19H2,1-5H3. The van der Waals surface area contributed by atoms with E-state index in [2.05, 4.69) is 4.99 Å². The monoisotopic (exact) mass is 616 g/mol. The molecule has 5 rings (SSSR count). The van der Waals surface area contributed by atoms with Crippen molar-refractivity contribution in [3.63, 3.8) is 0 Å². The van der Waals surface area contributed by atoms with E-state index in [-0.39, 0.29) is 29.7 Å². The summed E-state index contributed by atoms with van der Waals surface area (Å²) in [4.78, 5) is 32.3. The van der Waals surface area contributed by atoms with E-state index >= 15 is 0 Å². The van der Waals surface area contributed by atoms with Gasteiger partial charge in [-0.05, 0) is 86.9 Å². The zero-order chi connectivity index (χ0) is 31.4. The highest BCUT2D eigenvalue weighted by atomic mass is 32.1. The first-order valence-corrected chi connectivity index (χ1v) is 15.0. The van der Waals surface area contributed by atoms with E-state index in [1.807, 2.05) is 44.2 Å². The summed E-state index contributed by atoms with van der Waals surface area (Å²) in [5.74, 6) is 0.850. The van der Waals surface area contributed by atoms with Crippen molar-refractivity contribution in [1.29, 1.82) is 0 Å². The molecule has 0 spiro atoms. The van der Waals surface area contributed by atoms with Gasteiger partial charge in [-0.3, -0.25) is 9.36 Å². The number of nitrogens with zero attached hydrogens (tertiary/aromatic N) is 2. The molecule has 0 N–H and O–H groups in total. The molecule has 8 nitrogen and oxygen atoms in total. The Labute approximate surface area is 258 Å². The number of allylic oxidation sites excluding steroid dienone is 1. The number of benzene rings is 3. The molecule has 228 valence electrons. The lowest BCUT2D eigenvalue weighted by Crippen LogP contribution is -2.40. The summed E-state index contributed by atoms with van der Waals surface area (Å²) in [6.07, 6.45) is 1.72. The van der Waals surface area contributed by atoms with Gasteiger partial charge in [-0.15, -0.1) is 0 Å². The van der Waals surface area contributed by atoms with Crippen LogP contribution in [0.2, 0.25) is 0 Å². The van der Waals surface area contributed by atoms with Crippen LogP contribution < -0.4 is 29.1 Å². The van der Waals surface area contributed by atoms with E-state index in [0.29, 0.717) is 44.4 Å². The van der Waals surface area contributed by atoms with Crippen LogP contribution in [0, 0.1) is 5.82 Å². The first-order valence-electron chi connectivity index (χ1n) is 14.2. The molecule has 0 saturated heterocycles. The summed E-state index contributed by atoms with van der Waals surface area (Å²) in [6, 6.07) is 18.1. The molecule has 4 aromatic rings. The number of hydrogen-bond donors (Lipinski definition) is 0. The number of thiazole rings is 1. The second-order valence-corrected chi connectivity index (χ2v) is 11.4. The Morgan fingerprint density at radius 3 is 2.45 bits per heavy atom. The minimum Gasteiger partial charge on any atom is -0.493 e. The predicted molar refractivity (Wildman–Crippen MR) is 166 cm³/mol. The van der Waals surface area contributed by atoms with Crippen LogP contribution in [0.25, 0.3) is 6.08 Å². The Morgan fingerprint density at radius 1 is 1.07 bits per heavy atom. The van der Waals surface area contributed by atoms with Gasteiger partial charge in [0.1, 0.15) is 18.2 Å². The average molecular weight is 617 g/mol. The van der Waals surface area contributed by atoms with Gasteiger partial charge in [0, 0.05) is 0 Å². The SMILES string of the molecule is CCOC(=O)C1=C(C)N=c2sc(=Cc3ccc(OCc4ccc(F)cc4)cc3)c(=O)n2C1c1ccc(OC(C)C)c(OC)c1. The van der Waals surface area contributed by atoms with Crippen LogP contribution in [0.3, 0.4) is 0 Å². The van der Waals surface area contributed by atoms with Crippen molar-refractivity contribution in [3.05, 3.63) is 120 Å². The van der Waals surface area contributed by atoms with E-state index in [9.17, 15) is 14.0 Å². The van der Waals surface area contributed by atoms with Gasteiger partial charge in [0.2, 0.25) is 0 Å². The third kappa shape index (κ3) is 6.60. The molecule has 1 aliphatic rings. The van der Waals surface area contributed by atoms with E-state index in [1.165, 1.54) is 28.0 Å². The van der Waals surface area contributed by atoms with Crippen LogP contribution in [0.5, 0.6) is 17.2 Å². The molecule has 1 atom stereocenters. The van der Waals surface area contributed by atoms with Gasteiger partial charge in [0.25, 0.3) is 5.56 Å². The van der Waals surface area contributed by atoms with Crippen LogP contribution in [-0.2, 0) is 16.1 Å². The van der Waals surface area contributed by atoms with Crippen LogP contribution in [0.15, 0.2) is 87.8 Å². The first kappa shape index (κ1) is 30.7. The minimum atomic E-state index is -0.781. The quantitative estimate of drug-likeness (QED) is 0.225. The molecular formula is C34H33FN2O6S. The van der Waals surface area contributed by atoms with Crippen LogP contribution in [0.4, 0.5) is 4.39 Å². The maximum absolute atomic E-state index is 14.0. The Hall–Kier alpha value is -4.70. The summed E-state index contributed by atoms with van der Waals surface area (Å²) in [7, 11) is 1.55. The number of ether oxygens (including phenoxy) is 4. The zero-order valence-electron chi connectivity index (χ0n) is 25.1. The summed E-state index contributed by atoms with van der Waals surface area (Å²) >= 11 is 1.24. The zero-order valence-corrected chi connectivity index (χ0v) is 25.9. The van der Waals surface area contributed by atoms with Gasteiger partial charge in [-0.25, -0.2) is 14.2 Å². The summed E-state index contributed by atoms with van der Waals surface area (Å²) in [6.45, 7) is 7.80. The molecule has 1 aromatic heterocycles. The Kier molecular flexibility index (Phi) is 9.29. The molecule has 3 aromatic carbocycles. The molecule has 1 unspecified atom stereocenters. The maximum Gasteiger partial charge on any atom is 0.338 e. The number of halogens is 1. The largest absolute Gasteiger partial charge is 0.493 e.